The summed E-state index contributed by atoms with van der Waals surface area (Å²) in [5, 5.41) is 8.55. The van der Waals surface area contributed by atoms with Crippen LogP contribution in [0.5, 0.6) is 0 Å². The molecule has 0 spiro atoms. The highest BCUT2D eigenvalue weighted by atomic mass is 19.1. The zero-order chi connectivity index (χ0) is 9.61. The van der Waals surface area contributed by atoms with Crippen LogP contribution in [-0.4, -0.2) is 16.7 Å². The van der Waals surface area contributed by atoms with E-state index in [1.807, 2.05) is 0 Å². The summed E-state index contributed by atoms with van der Waals surface area (Å²) in [5.74, 6) is 3.52. The average Bonchev–Trinajstić information content (AvgIpc) is 2.01. The maximum Gasteiger partial charge on any atom is 0.342 e. The first-order valence-corrected chi connectivity index (χ1v) is 3.88. The fraction of sp³-hybridized carbons (Fsp3) is 0.667. The van der Waals surface area contributed by atoms with E-state index < -0.39 is 11.6 Å². The van der Waals surface area contributed by atoms with Crippen molar-refractivity contribution in [3.8, 4) is 11.8 Å². The SMILES string of the molecule is CC#CCC(F)(CCC)C(=O)O. The molecule has 12 heavy (non-hydrogen) atoms. The first-order valence-electron chi connectivity index (χ1n) is 3.88. The molecular formula is C9H13FO2. The van der Waals surface area contributed by atoms with Gasteiger partial charge in [-0.3, -0.25) is 0 Å². The summed E-state index contributed by atoms with van der Waals surface area (Å²) in [7, 11) is 0. The van der Waals surface area contributed by atoms with Crippen molar-refractivity contribution in [2.45, 2.75) is 38.8 Å². The highest BCUT2D eigenvalue weighted by Gasteiger charge is 2.36. The van der Waals surface area contributed by atoms with E-state index in [1.54, 1.807) is 13.8 Å². The number of hydrogen-bond acceptors (Lipinski definition) is 1. The van der Waals surface area contributed by atoms with E-state index in [2.05, 4.69) is 11.8 Å². The predicted octanol–water partition coefficient (Wildman–Crippen LogP) is 1.99. The molecule has 0 fully saturated rings. The maximum atomic E-state index is 13.4. The zero-order valence-electron chi connectivity index (χ0n) is 7.35. The van der Waals surface area contributed by atoms with Crippen molar-refractivity contribution in [1.29, 1.82) is 0 Å². The van der Waals surface area contributed by atoms with Crippen LogP contribution in [0.15, 0.2) is 0 Å². The molecule has 0 heterocycles. The van der Waals surface area contributed by atoms with Crippen LogP contribution >= 0.6 is 0 Å². The fourth-order valence-corrected chi connectivity index (χ4v) is 0.896. The Labute approximate surface area is 71.8 Å². The van der Waals surface area contributed by atoms with E-state index in [4.69, 9.17) is 5.11 Å². The van der Waals surface area contributed by atoms with Gasteiger partial charge < -0.3 is 5.11 Å². The van der Waals surface area contributed by atoms with E-state index in [-0.39, 0.29) is 12.8 Å². The first-order chi connectivity index (χ1) is 5.56. The summed E-state index contributed by atoms with van der Waals surface area (Å²) in [5.41, 5.74) is -2.15. The van der Waals surface area contributed by atoms with Crippen molar-refractivity contribution < 1.29 is 14.3 Å². The number of carbonyl (C=O) groups is 1. The third kappa shape index (κ3) is 2.91. The van der Waals surface area contributed by atoms with Crippen LogP contribution in [0.4, 0.5) is 4.39 Å². The van der Waals surface area contributed by atoms with Gasteiger partial charge in [-0.15, -0.1) is 5.92 Å². The van der Waals surface area contributed by atoms with Crippen LogP contribution < -0.4 is 0 Å². The summed E-state index contributed by atoms with van der Waals surface area (Å²) in [4.78, 5) is 10.5. The standard InChI is InChI=1S/C9H13FO2/c1-3-5-7-9(10,6-4-2)8(11)12/h4,6-7H2,1-2H3,(H,11,12). The van der Waals surface area contributed by atoms with Gasteiger partial charge in [-0.2, -0.15) is 0 Å². The molecule has 0 aromatic heterocycles. The van der Waals surface area contributed by atoms with Crippen molar-refractivity contribution in [2.75, 3.05) is 0 Å². The Morgan fingerprint density at radius 2 is 2.25 bits per heavy atom. The van der Waals surface area contributed by atoms with Gasteiger partial charge in [0, 0.05) is 0 Å². The van der Waals surface area contributed by atoms with Gasteiger partial charge in [-0.05, 0) is 13.3 Å². The molecule has 2 nitrogen and oxygen atoms in total. The van der Waals surface area contributed by atoms with Gasteiger partial charge in [0.1, 0.15) is 0 Å². The number of carboxylic acids is 1. The number of aliphatic carboxylic acids is 1. The molecule has 1 N–H and O–H groups in total. The summed E-state index contributed by atoms with van der Waals surface area (Å²) < 4.78 is 13.4. The lowest BCUT2D eigenvalue weighted by molar-refractivity contribution is -0.151. The van der Waals surface area contributed by atoms with Crippen molar-refractivity contribution >= 4 is 5.97 Å². The number of rotatable bonds is 4. The molecule has 1 atom stereocenters. The maximum absolute atomic E-state index is 13.4. The number of carboxylic acid groups (broad SMARTS) is 1. The van der Waals surface area contributed by atoms with Gasteiger partial charge >= 0.3 is 5.97 Å². The predicted molar refractivity (Wildman–Crippen MR) is 44.4 cm³/mol. The molecule has 0 aromatic rings. The Morgan fingerprint density at radius 1 is 1.67 bits per heavy atom. The summed E-state index contributed by atoms with van der Waals surface area (Å²) in [6.45, 7) is 3.31. The molecule has 0 saturated heterocycles. The third-order valence-corrected chi connectivity index (χ3v) is 1.57. The largest absolute Gasteiger partial charge is 0.479 e. The van der Waals surface area contributed by atoms with E-state index in [1.165, 1.54) is 0 Å². The Morgan fingerprint density at radius 3 is 2.58 bits per heavy atom. The van der Waals surface area contributed by atoms with Gasteiger partial charge in [0.2, 0.25) is 5.67 Å². The molecule has 0 saturated carbocycles. The molecule has 3 heteroatoms. The van der Waals surface area contributed by atoms with Crippen LogP contribution in [0, 0.1) is 11.8 Å². The normalized spacial score (nSPS) is 14.2. The minimum Gasteiger partial charge on any atom is -0.479 e. The van der Waals surface area contributed by atoms with Crippen molar-refractivity contribution in [2.24, 2.45) is 0 Å². The molecule has 68 valence electrons. The van der Waals surface area contributed by atoms with Gasteiger partial charge in [0.05, 0.1) is 6.42 Å². The molecule has 1 unspecified atom stereocenters. The second kappa shape index (κ2) is 4.76. The number of halogens is 1. The van der Waals surface area contributed by atoms with Gasteiger partial charge in [0.15, 0.2) is 0 Å². The van der Waals surface area contributed by atoms with E-state index in [9.17, 15) is 9.18 Å². The average molecular weight is 172 g/mol. The Kier molecular flexibility index (Phi) is 4.35. The minimum atomic E-state index is -2.15. The third-order valence-electron chi connectivity index (χ3n) is 1.57. The fourth-order valence-electron chi connectivity index (χ4n) is 0.896. The number of alkyl halides is 1. The van der Waals surface area contributed by atoms with E-state index in [0.29, 0.717) is 6.42 Å². The van der Waals surface area contributed by atoms with Crippen molar-refractivity contribution in [3.05, 3.63) is 0 Å². The molecule has 0 aliphatic heterocycles. The molecule has 0 radical (unpaired) electrons. The Bertz CT molecular complexity index is 214. The van der Waals surface area contributed by atoms with Crippen LogP contribution in [-0.2, 0) is 4.79 Å². The monoisotopic (exact) mass is 172 g/mol. The Hall–Kier alpha value is -1.04. The lowest BCUT2D eigenvalue weighted by atomic mass is 9.97. The summed E-state index contributed by atoms with van der Waals surface area (Å²) >= 11 is 0. The van der Waals surface area contributed by atoms with Gasteiger partial charge in [-0.25, -0.2) is 9.18 Å². The van der Waals surface area contributed by atoms with Gasteiger partial charge in [0.25, 0.3) is 0 Å². The summed E-state index contributed by atoms with van der Waals surface area (Å²) in [6, 6.07) is 0. The van der Waals surface area contributed by atoms with E-state index >= 15 is 0 Å². The summed E-state index contributed by atoms with van der Waals surface area (Å²) in [6.07, 6.45) is 0.317. The molecule has 0 aromatic carbocycles. The highest BCUT2D eigenvalue weighted by molar-refractivity contribution is 5.77. The van der Waals surface area contributed by atoms with Crippen molar-refractivity contribution in [3.63, 3.8) is 0 Å². The van der Waals surface area contributed by atoms with Crippen LogP contribution in [0.2, 0.25) is 0 Å². The molecule has 0 aliphatic rings. The zero-order valence-corrected chi connectivity index (χ0v) is 7.35. The van der Waals surface area contributed by atoms with Crippen LogP contribution in [0.1, 0.15) is 33.1 Å². The molecule has 0 amide bonds. The Balaban J connectivity index is 4.35. The van der Waals surface area contributed by atoms with Crippen molar-refractivity contribution in [1.82, 2.24) is 0 Å². The quantitative estimate of drug-likeness (QED) is 0.658. The second-order valence-corrected chi connectivity index (χ2v) is 2.62. The molecule has 0 aliphatic carbocycles. The minimum absolute atomic E-state index is 0.0248. The lowest BCUT2D eigenvalue weighted by Gasteiger charge is -2.16. The first kappa shape index (κ1) is 11.0. The lowest BCUT2D eigenvalue weighted by Crippen LogP contribution is -2.32. The topological polar surface area (TPSA) is 37.3 Å². The van der Waals surface area contributed by atoms with Crippen LogP contribution in [0.25, 0.3) is 0 Å². The molecular weight excluding hydrogens is 159 g/mol. The van der Waals surface area contributed by atoms with Gasteiger partial charge in [-0.1, -0.05) is 19.3 Å². The number of hydrogen-bond donors (Lipinski definition) is 1. The molecule has 0 bridgehead atoms. The highest BCUT2D eigenvalue weighted by Crippen LogP contribution is 2.22. The smallest absolute Gasteiger partial charge is 0.342 e. The second-order valence-electron chi connectivity index (χ2n) is 2.62. The molecule has 0 rings (SSSR count). The van der Waals surface area contributed by atoms with Crippen LogP contribution in [0.3, 0.4) is 0 Å². The van der Waals surface area contributed by atoms with E-state index in [0.717, 1.165) is 0 Å².